The number of hydrogen-bond donors (Lipinski definition) is 1. The van der Waals surface area contributed by atoms with Crippen molar-refractivity contribution in [2.75, 3.05) is 20.2 Å². The molecule has 2 aromatic rings. The second-order valence-electron chi connectivity index (χ2n) is 7.55. The lowest BCUT2D eigenvalue weighted by atomic mass is 9.74. The molecule has 1 fully saturated rings. The number of quaternary nitrogens is 1. The van der Waals surface area contributed by atoms with Gasteiger partial charge < -0.3 is 9.64 Å². The lowest BCUT2D eigenvalue weighted by Gasteiger charge is -2.42. The predicted molar refractivity (Wildman–Crippen MR) is 99.9 cm³/mol. The number of hydrogen-bond acceptors (Lipinski definition) is 1. The molecule has 2 nitrogen and oxygen atoms in total. The SMILES string of the molecule is COc1cccc([C@]2(C)CC[C@H](C)[NH+](CCc3ccccc3)C2)c1. The van der Waals surface area contributed by atoms with E-state index in [0.717, 1.165) is 18.2 Å². The highest BCUT2D eigenvalue weighted by Gasteiger charge is 2.38. The Hall–Kier alpha value is -1.80. The van der Waals surface area contributed by atoms with Gasteiger partial charge in [0.2, 0.25) is 0 Å². The molecule has 3 rings (SSSR count). The van der Waals surface area contributed by atoms with Crippen LogP contribution in [-0.4, -0.2) is 26.2 Å². The maximum atomic E-state index is 5.44. The van der Waals surface area contributed by atoms with E-state index in [1.165, 1.54) is 37.1 Å². The van der Waals surface area contributed by atoms with Crippen molar-refractivity contribution in [1.82, 2.24) is 0 Å². The van der Waals surface area contributed by atoms with Gasteiger partial charge in [-0.15, -0.1) is 0 Å². The van der Waals surface area contributed by atoms with Gasteiger partial charge in [-0.3, -0.25) is 0 Å². The Kier molecular flexibility index (Phi) is 5.25. The van der Waals surface area contributed by atoms with E-state index in [1.54, 1.807) is 12.0 Å². The summed E-state index contributed by atoms with van der Waals surface area (Å²) in [5.74, 6) is 0.971. The van der Waals surface area contributed by atoms with Crippen molar-refractivity contribution in [1.29, 1.82) is 0 Å². The van der Waals surface area contributed by atoms with Gasteiger partial charge in [0.05, 0.1) is 26.2 Å². The Morgan fingerprint density at radius 3 is 2.67 bits per heavy atom. The summed E-state index contributed by atoms with van der Waals surface area (Å²) in [6.45, 7) is 7.25. The van der Waals surface area contributed by atoms with Gasteiger partial charge in [-0.05, 0) is 36.6 Å². The van der Waals surface area contributed by atoms with E-state index in [-0.39, 0.29) is 5.41 Å². The molecule has 2 heteroatoms. The van der Waals surface area contributed by atoms with Gasteiger partial charge in [-0.2, -0.15) is 0 Å². The van der Waals surface area contributed by atoms with Crippen molar-refractivity contribution in [2.24, 2.45) is 0 Å². The van der Waals surface area contributed by atoms with Crippen molar-refractivity contribution in [3.8, 4) is 5.75 Å². The summed E-state index contributed by atoms with van der Waals surface area (Å²) in [4.78, 5) is 1.73. The Labute approximate surface area is 146 Å². The molecular weight excluding hydrogens is 294 g/mol. The zero-order chi connectivity index (χ0) is 17.0. The first-order valence-corrected chi connectivity index (χ1v) is 9.14. The fourth-order valence-electron chi connectivity index (χ4n) is 4.03. The Morgan fingerprint density at radius 1 is 1.12 bits per heavy atom. The first-order chi connectivity index (χ1) is 11.6. The number of likely N-dealkylation sites (tertiary alicyclic amines) is 1. The molecule has 0 radical (unpaired) electrons. The normalized spacial score (nSPS) is 27.0. The van der Waals surface area contributed by atoms with Crippen LogP contribution in [0.4, 0.5) is 0 Å². The zero-order valence-electron chi connectivity index (χ0n) is 15.2. The monoisotopic (exact) mass is 324 g/mol. The molecule has 0 aliphatic carbocycles. The average Bonchev–Trinajstić information content (AvgIpc) is 2.63. The number of ether oxygens (including phenoxy) is 1. The standard InChI is InChI=1S/C22H29NO/c1-18-12-14-22(2,20-10-7-11-21(16-20)24-3)17-23(18)15-13-19-8-5-4-6-9-19/h4-11,16,18H,12-15,17H2,1-3H3/p+1/t18-,22+/m0/s1. The van der Waals surface area contributed by atoms with Gasteiger partial charge >= 0.3 is 0 Å². The van der Waals surface area contributed by atoms with E-state index in [1.807, 2.05) is 6.07 Å². The molecule has 24 heavy (non-hydrogen) atoms. The molecule has 0 amide bonds. The van der Waals surface area contributed by atoms with Gasteiger partial charge in [0.1, 0.15) is 5.75 Å². The number of methoxy groups -OCH3 is 1. The van der Waals surface area contributed by atoms with Gasteiger partial charge in [-0.1, -0.05) is 49.4 Å². The number of piperidine rings is 1. The Balaban J connectivity index is 1.72. The molecule has 1 aliphatic heterocycles. The summed E-state index contributed by atoms with van der Waals surface area (Å²) in [5.41, 5.74) is 3.12. The topological polar surface area (TPSA) is 13.7 Å². The van der Waals surface area contributed by atoms with Crippen LogP contribution in [0.3, 0.4) is 0 Å². The van der Waals surface area contributed by atoms with Crippen molar-refractivity contribution < 1.29 is 9.64 Å². The molecule has 0 aromatic heterocycles. The molecule has 0 spiro atoms. The number of nitrogens with one attached hydrogen (secondary N) is 1. The van der Waals surface area contributed by atoms with E-state index in [4.69, 9.17) is 4.74 Å². The minimum absolute atomic E-state index is 0.243. The highest BCUT2D eigenvalue weighted by atomic mass is 16.5. The largest absolute Gasteiger partial charge is 0.497 e. The van der Waals surface area contributed by atoms with Crippen molar-refractivity contribution >= 4 is 0 Å². The maximum absolute atomic E-state index is 5.44. The smallest absolute Gasteiger partial charge is 0.119 e. The maximum Gasteiger partial charge on any atom is 0.119 e. The molecule has 3 atom stereocenters. The molecule has 1 N–H and O–H groups in total. The van der Waals surface area contributed by atoms with E-state index < -0.39 is 0 Å². The molecule has 128 valence electrons. The van der Waals surface area contributed by atoms with Crippen LogP contribution in [-0.2, 0) is 11.8 Å². The highest BCUT2D eigenvalue weighted by Crippen LogP contribution is 2.32. The van der Waals surface area contributed by atoms with Gasteiger partial charge in [-0.25, -0.2) is 0 Å². The van der Waals surface area contributed by atoms with Crippen LogP contribution in [0.15, 0.2) is 54.6 Å². The van der Waals surface area contributed by atoms with E-state index in [0.29, 0.717) is 0 Å². The first kappa shape index (κ1) is 17.0. The van der Waals surface area contributed by atoms with Gasteiger partial charge in [0, 0.05) is 18.3 Å². The third-order valence-corrected chi connectivity index (χ3v) is 5.79. The summed E-state index contributed by atoms with van der Waals surface area (Å²) in [6.07, 6.45) is 3.71. The van der Waals surface area contributed by atoms with Gasteiger partial charge in [0.25, 0.3) is 0 Å². The highest BCUT2D eigenvalue weighted by molar-refractivity contribution is 5.33. The van der Waals surface area contributed by atoms with Crippen LogP contribution in [0.1, 0.15) is 37.8 Å². The molecular formula is C22H30NO+. The summed E-state index contributed by atoms with van der Waals surface area (Å²) in [5, 5.41) is 0. The molecule has 0 bridgehead atoms. The number of benzene rings is 2. The van der Waals surface area contributed by atoms with Crippen LogP contribution in [0.2, 0.25) is 0 Å². The molecule has 1 unspecified atom stereocenters. The molecule has 1 heterocycles. The average molecular weight is 324 g/mol. The van der Waals surface area contributed by atoms with Crippen LogP contribution in [0.5, 0.6) is 5.75 Å². The lowest BCUT2D eigenvalue weighted by Crippen LogP contribution is -3.18. The van der Waals surface area contributed by atoms with Crippen LogP contribution in [0, 0.1) is 0 Å². The minimum Gasteiger partial charge on any atom is -0.497 e. The summed E-state index contributed by atoms with van der Waals surface area (Å²) < 4.78 is 5.44. The fourth-order valence-corrected chi connectivity index (χ4v) is 4.03. The van der Waals surface area contributed by atoms with Crippen molar-refractivity contribution in [3.05, 3.63) is 65.7 Å². The van der Waals surface area contributed by atoms with E-state index in [2.05, 4.69) is 62.4 Å². The Morgan fingerprint density at radius 2 is 1.92 bits per heavy atom. The quantitative estimate of drug-likeness (QED) is 0.891. The van der Waals surface area contributed by atoms with Crippen molar-refractivity contribution in [3.63, 3.8) is 0 Å². The van der Waals surface area contributed by atoms with Gasteiger partial charge in [0.15, 0.2) is 0 Å². The Bertz CT molecular complexity index is 654. The molecule has 1 saturated heterocycles. The van der Waals surface area contributed by atoms with Crippen molar-refractivity contribution in [2.45, 2.75) is 44.6 Å². The summed E-state index contributed by atoms with van der Waals surface area (Å²) >= 11 is 0. The predicted octanol–water partition coefficient (Wildman–Crippen LogP) is 3.26. The van der Waals surface area contributed by atoms with Crippen LogP contribution in [0.25, 0.3) is 0 Å². The third-order valence-electron chi connectivity index (χ3n) is 5.79. The minimum atomic E-state index is 0.243. The third kappa shape index (κ3) is 3.81. The van der Waals surface area contributed by atoms with E-state index in [9.17, 15) is 0 Å². The summed E-state index contributed by atoms with van der Waals surface area (Å²) in [7, 11) is 1.75. The van der Waals surface area contributed by atoms with E-state index >= 15 is 0 Å². The second kappa shape index (κ2) is 7.40. The molecule has 2 aromatic carbocycles. The fraction of sp³-hybridized carbons (Fsp3) is 0.455. The number of rotatable bonds is 5. The zero-order valence-corrected chi connectivity index (χ0v) is 15.2. The van der Waals surface area contributed by atoms with Crippen LogP contribution >= 0.6 is 0 Å². The molecule has 0 saturated carbocycles. The lowest BCUT2D eigenvalue weighted by molar-refractivity contribution is -0.933. The van der Waals surface area contributed by atoms with Crippen LogP contribution < -0.4 is 9.64 Å². The second-order valence-corrected chi connectivity index (χ2v) is 7.55. The first-order valence-electron chi connectivity index (χ1n) is 9.14. The summed E-state index contributed by atoms with van der Waals surface area (Å²) in [6, 6.07) is 20.3. The molecule has 1 aliphatic rings.